The van der Waals surface area contributed by atoms with Crippen molar-refractivity contribution >= 4 is 5.91 Å². The quantitative estimate of drug-likeness (QED) is 0.746. The Labute approximate surface area is 142 Å². The van der Waals surface area contributed by atoms with Gasteiger partial charge in [-0.1, -0.05) is 0 Å². The number of pyridine rings is 1. The zero-order valence-corrected chi connectivity index (χ0v) is 13.6. The van der Waals surface area contributed by atoms with Gasteiger partial charge in [-0.05, 0) is 25.0 Å². The molecule has 1 fully saturated rings. The molecule has 6 heteroatoms. The van der Waals surface area contributed by atoms with E-state index in [-0.39, 0.29) is 23.7 Å². The highest BCUT2D eigenvalue weighted by atomic mass is 16.5. The molecule has 0 bridgehead atoms. The van der Waals surface area contributed by atoms with Crippen LogP contribution in [-0.4, -0.2) is 28.7 Å². The Hall–Kier alpha value is -2.42. The maximum atomic E-state index is 12.1. The van der Waals surface area contributed by atoms with Crippen molar-refractivity contribution < 1.29 is 9.53 Å². The first kappa shape index (κ1) is 16.4. The molecular weight excluding hydrogens is 304 g/mol. The van der Waals surface area contributed by atoms with Gasteiger partial charge in [0.2, 0.25) is 5.91 Å². The number of ether oxygens (including phenoxy) is 1. The molecule has 2 aliphatic rings. The zero-order chi connectivity index (χ0) is 16.8. The first-order valence-electron chi connectivity index (χ1n) is 8.43. The molecule has 2 heterocycles. The van der Waals surface area contributed by atoms with E-state index >= 15 is 0 Å². The number of nitrogens with zero attached hydrogens (tertiary/aromatic N) is 3. The number of hydrogen-bond donors (Lipinski definition) is 1. The number of aromatic nitrogens is 1. The zero-order valence-electron chi connectivity index (χ0n) is 13.6. The third kappa shape index (κ3) is 4.54. The fraction of sp³-hybridized carbons (Fsp3) is 0.556. The Morgan fingerprint density at radius 1 is 1.33 bits per heavy atom. The topological polar surface area (TPSA) is 75.9 Å². The van der Waals surface area contributed by atoms with Gasteiger partial charge in [0, 0.05) is 50.5 Å². The van der Waals surface area contributed by atoms with Crippen LogP contribution in [0.3, 0.4) is 0 Å². The molecule has 1 N–H and O–H groups in total. The summed E-state index contributed by atoms with van der Waals surface area (Å²) in [4.78, 5) is 16.1. The summed E-state index contributed by atoms with van der Waals surface area (Å²) in [5, 5.41) is 11.2. The van der Waals surface area contributed by atoms with Crippen LogP contribution in [-0.2, 0) is 4.79 Å². The number of rotatable bonds is 8. The Morgan fingerprint density at radius 2 is 2.12 bits per heavy atom. The summed E-state index contributed by atoms with van der Waals surface area (Å²) in [7, 11) is 0. The van der Waals surface area contributed by atoms with Crippen LogP contribution in [0, 0.1) is 12.3 Å². The fourth-order valence-corrected chi connectivity index (χ4v) is 3.07. The van der Waals surface area contributed by atoms with E-state index < -0.39 is 0 Å². The lowest BCUT2D eigenvalue weighted by molar-refractivity contribution is -0.122. The van der Waals surface area contributed by atoms with Gasteiger partial charge in [0.15, 0.2) is 5.66 Å². The number of hydrogen-bond acceptors (Lipinski definition) is 5. The molecule has 1 amide bonds. The molecule has 1 saturated carbocycles. The lowest BCUT2D eigenvalue weighted by Crippen LogP contribution is -2.34. The largest absolute Gasteiger partial charge is 0.490 e. The van der Waals surface area contributed by atoms with Gasteiger partial charge in [0.25, 0.3) is 0 Å². The van der Waals surface area contributed by atoms with Gasteiger partial charge in [-0.2, -0.15) is 10.2 Å². The first-order valence-corrected chi connectivity index (χ1v) is 8.43. The highest BCUT2D eigenvalue weighted by molar-refractivity contribution is 5.76. The second kappa shape index (κ2) is 7.43. The first-order chi connectivity index (χ1) is 11.7. The minimum absolute atomic E-state index is 0.0574. The minimum atomic E-state index is -0.383. The van der Waals surface area contributed by atoms with E-state index in [0.717, 1.165) is 31.4 Å². The number of nitrogens with one attached hydrogen (secondary N) is 1. The van der Waals surface area contributed by atoms with E-state index in [0.29, 0.717) is 19.3 Å². The molecule has 6 nitrogen and oxygen atoms in total. The van der Waals surface area contributed by atoms with E-state index in [9.17, 15) is 4.79 Å². The van der Waals surface area contributed by atoms with Crippen molar-refractivity contribution in [2.45, 2.75) is 62.8 Å². The van der Waals surface area contributed by atoms with Gasteiger partial charge in [-0.3, -0.25) is 9.78 Å². The summed E-state index contributed by atoms with van der Waals surface area (Å²) in [6, 6.07) is 3.88. The molecule has 0 aromatic carbocycles. The molecule has 1 aromatic rings. The molecule has 0 saturated heterocycles. The SMILES string of the molecule is C#CCCC1(CCC(=O)NC2CCC(Oc3ccncc3)C2)N=N1. The van der Waals surface area contributed by atoms with Crippen molar-refractivity contribution in [2.75, 3.05) is 0 Å². The third-order valence-electron chi connectivity index (χ3n) is 4.51. The average molecular weight is 326 g/mol. The Balaban J connectivity index is 1.36. The highest BCUT2D eigenvalue weighted by Gasteiger charge is 2.39. The predicted molar refractivity (Wildman–Crippen MR) is 89.3 cm³/mol. The Morgan fingerprint density at radius 3 is 2.83 bits per heavy atom. The molecule has 1 aliphatic carbocycles. The number of amides is 1. The van der Waals surface area contributed by atoms with Crippen LogP contribution in [0.4, 0.5) is 0 Å². The molecule has 126 valence electrons. The highest BCUT2D eigenvalue weighted by Crippen LogP contribution is 2.37. The summed E-state index contributed by atoms with van der Waals surface area (Å²) >= 11 is 0. The summed E-state index contributed by atoms with van der Waals surface area (Å²) < 4.78 is 5.92. The molecule has 0 radical (unpaired) electrons. The summed E-state index contributed by atoms with van der Waals surface area (Å²) in [6.07, 6.45) is 14.0. The summed E-state index contributed by atoms with van der Waals surface area (Å²) in [6.45, 7) is 0. The third-order valence-corrected chi connectivity index (χ3v) is 4.51. The van der Waals surface area contributed by atoms with Crippen LogP contribution in [0.1, 0.15) is 44.9 Å². The molecular formula is C18H22N4O2. The van der Waals surface area contributed by atoms with E-state index in [4.69, 9.17) is 11.2 Å². The van der Waals surface area contributed by atoms with Gasteiger partial charge in [0.1, 0.15) is 11.9 Å². The monoisotopic (exact) mass is 326 g/mol. The summed E-state index contributed by atoms with van der Waals surface area (Å²) in [5.41, 5.74) is -0.383. The second-order valence-corrected chi connectivity index (χ2v) is 6.39. The number of carbonyl (C=O) groups excluding carboxylic acids is 1. The fourth-order valence-electron chi connectivity index (χ4n) is 3.07. The van der Waals surface area contributed by atoms with E-state index in [1.165, 1.54) is 0 Å². The molecule has 3 rings (SSSR count). The van der Waals surface area contributed by atoms with Crippen LogP contribution in [0.2, 0.25) is 0 Å². The van der Waals surface area contributed by atoms with E-state index in [1.54, 1.807) is 12.4 Å². The number of terminal acetylenes is 1. The standard InChI is InChI=1S/C18H22N4O2/c1-2-3-9-18(21-22-18)10-6-17(23)20-14-4-5-16(13-14)24-15-7-11-19-12-8-15/h1,7-8,11-12,14,16H,3-6,9-10,13H2,(H,20,23). The maximum Gasteiger partial charge on any atom is 0.220 e. The molecule has 1 aromatic heterocycles. The average Bonchev–Trinajstić information content (AvgIpc) is 3.25. The van der Waals surface area contributed by atoms with Crippen LogP contribution in [0.15, 0.2) is 34.8 Å². The van der Waals surface area contributed by atoms with Gasteiger partial charge in [0.05, 0.1) is 0 Å². The van der Waals surface area contributed by atoms with Crippen molar-refractivity contribution in [3.63, 3.8) is 0 Å². The predicted octanol–water partition coefficient (Wildman–Crippen LogP) is 2.85. The molecule has 2 atom stereocenters. The van der Waals surface area contributed by atoms with E-state index in [1.807, 2.05) is 12.1 Å². The van der Waals surface area contributed by atoms with Gasteiger partial charge in [-0.15, -0.1) is 12.3 Å². The van der Waals surface area contributed by atoms with Crippen molar-refractivity contribution in [3.05, 3.63) is 24.5 Å². The smallest absolute Gasteiger partial charge is 0.220 e. The normalized spacial score (nSPS) is 23.5. The summed E-state index contributed by atoms with van der Waals surface area (Å²) in [5.74, 6) is 3.48. The number of carbonyl (C=O) groups is 1. The van der Waals surface area contributed by atoms with Crippen LogP contribution in [0.5, 0.6) is 5.75 Å². The van der Waals surface area contributed by atoms with E-state index in [2.05, 4.69) is 26.4 Å². The van der Waals surface area contributed by atoms with Crippen molar-refractivity contribution in [1.82, 2.24) is 10.3 Å². The van der Waals surface area contributed by atoms with Gasteiger partial charge < -0.3 is 10.1 Å². The van der Waals surface area contributed by atoms with Gasteiger partial charge >= 0.3 is 0 Å². The molecule has 24 heavy (non-hydrogen) atoms. The lowest BCUT2D eigenvalue weighted by Gasteiger charge is -2.15. The lowest BCUT2D eigenvalue weighted by atomic mass is 10.0. The van der Waals surface area contributed by atoms with Crippen molar-refractivity contribution in [2.24, 2.45) is 10.2 Å². The molecule has 0 spiro atoms. The maximum absolute atomic E-state index is 12.1. The van der Waals surface area contributed by atoms with Crippen LogP contribution in [0.25, 0.3) is 0 Å². The minimum Gasteiger partial charge on any atom is -0.490 e. The second-order valence-electron chi connectivity index (χ2n) is 6.39. The van der Waals surface area contributed by atoms with Crippen molar-refractivity contribution in [1.29, 1.82) is 0 Å². The van der Waals surface area contributed by atoms with Gasteiger partial charge in [-0.25, -0.2) is 0 Å². The Bertz CT molecular complexity index is 632. The van der Waals surface area contributed by atoms with Crippen molar-refractivity contribution in [3.8, 4) is 18.1 Å². The van der Waals surface area contributed by atoms with Crippen LogP contribution >= 0.6 is 0 Å². The van der Waals surface area contributed by atoms with Crippen LogP contribution < -0.4 is 10.1 Å². The molecule has 2 unspecified atom stereocenters. The molecule has 1 aliphatic heterocycles. The Kier molecular flexibility index (Phi) is 5.09.